The smallest absolute Gasteiger partial charge is 0.407 e. The second kappa shape index (κ2) is 9.78. The molecule has 0 saturated carbocycles. The Bertz CT molecular complexity index is 1260. The third-order valence-electron chi connectivity index (χ3n) is 6.13. The van der Waals surface area contributed by atoms with Crippen molar-refractivity contribution in [2.75, 3.05) is 25.0 Å². The van der Waals surface area contributed by atoms with E-state index < -0.39 is 36.6 Å². The molecule has 37 heavy (non-hydrogen) atoms. The molecule has 200 valence electrons. The van der Waals surface area contributed by atoms with Gasteiger partial charge in [-0.05, 0) is 19.9 Å². The highest BCUT2D eigenvalue weighted by Crippen LogP contribution is 2.35. The van der Waals surface area contributed by atoms with Crippen molar-refractivity contribution >= 4 is 23.5 Å². The van der Waals surface area contributed by atoms with Gasteiger partial charge in [0, 0.05) is 44.1 Å². The lowest BCUT2D eigenvalue weighted by Gasteiger charge is -2.39. The maximum Gasteiger partial charge on any atom is 0.407 e. The minimum absolute atomic E-state index is 0.0517. The van der Waals surface area contributed by atoms with Crippen LogP contribution in [0.5, 0.6) is 0 Å². The number of anilines is 2. The molecule has 0 aliphatic carbocycles. The van der Waals surface area contributed by atoms with Gasteiger partial charge < -0.3 is 20.1 Å². The lowest BCUT2D eigenvalue weighted by molar-refractivity contribution is -0.210. The number of nitrogens with zero attached hydrogens (tertiary/aromatic N) is 5. The molecule has 0 radical (unpaired) electrons. The molecule has 2 aliphatic heterocycles. The number of rotatable bonds is 7. The van der Waals surface area contributed by atoms with Crippen molar-refractivity contribution < 1.29 is 31.8 Å². The summed E-state index contributed by atoms with van der Waals surface area (Å²) >= 11 is 0. The van der Waals surface area contributed by atoms with Crippen LogP contribution in [0.1, 0.15) is 31.3 Å². The number of hydrogen-bond donors (Lipinski definition) is 3. The second-order valence-electron chi connectivity index (χ2n) is 9.44. The van der Waals surface area contributed by atoms with Gasteiger partial charge in [0.25, 0.3) is 0 Å². The van der Waals surface area contributed by atoms with E-state index in [0.717, 1.165) is 0 Å². The van der Waals surface area contributed by atoms with Gasteiger partial charge in [0.2, 0.25) is 5.95 Å². The zero-order valence-corrected chi connectivity index (χ0v) is 20.0. The lowest BCUT2D eigenvalue weighted by Crippen LogP contribution is -2.52. The summed E-state index contributed by atoms with van der Waals surface area (Å²) in [4.78, 5) is 22.2. The van der Waals surface area contributed by atoms with Crippen molar-refractivity contribution in [3.8, 4) is 0 Å². The minimum Gasteiger partial charge on any atom is -0.441 e. The number of fused-ring (bicyclic) bond motifs is 1. The highest BCUT2D eigenvalue weighted by Gasteiger charge is 2.47. The van der Waals surface area contributed by atoms with Gasteiger partial charge in [-0.1, -0.05) is 0 Å². The topological polar surface area (TPSA) is 122 Å². The number of halogens is 4. The van der Waals surface area contributed by atoms with Crippen LogP contribution in [0.25, 0.3) is 5.65 Å². The number of alkyl carbamates (subject to hydrolysis) is 1. The fraction of sp³-hybridized carbons (Fsp3) is 0.545. The molecule has 0 spiro atoms. The van der Waals surface area contributed by atoms with E-state index in [4.69, 9.17) is 9.47 Å². The summed E-state index contributed by atoms with van der Waals surface area (Å²) in [5.41, 5.74) is 1.51. The van der Waals surface area contributed by atoms with Gasteiger partial charge in [0.05, 0.1) is 23.9 Å². The van der Waals surface area contributed by atoms with Crippen molar-refractivity contribution in [2.24, 2.45) is 5.92 Å². The van der Waals surface area contributed by atoms with Crippen LogP contribution in [0.3, 0.4) is 0 Å². The first-order valence-electron chi connectivity index (χ1n) is 11.7. The van der Waals surface area contributed by atoms with Gasteiger partial charge in [-0.25, -0.2) is 19.2 Å². The van der Waals surface area contributed by atoms with E-state index in [2.05, 4.69) is 30.8 Å². The number of nitrogens with one attached hydrogen (secondary N) is 3. The number of likely N-dealkylation sites (tertiary alicyclic amines) is 1. The quantitative estimate of drug-likeness (QED) is 0.402. The Morgan fingerprint density at radius 1 is 1.35 bits per heavy atom. The Hall–Kier alpha value is -3.46. The number of carbonyl (C=O) groups excluding carboxylic acids is 1. The molecule has 3 aromatic rings. The van der Waals surface area contributed by atoms with Gasteiger partial charge >= 0.3 is 12.3 Å². The summed E-state index contributed by atoms with van der Waals surface area (Å²) in [6.07, 6.45) is -5.31. The maximum atomic E-state index is 14.9. The highest BCUT2D eigenvalue weighted by molar-refractivity contribution is 5.67. The predicted molar refractivity (Wildman–Crippen MR) is 122 cm³/mol. The summed E-state index contributed by atoms with van der Waals surface area (Å²) in [6.45, 7) is 3.61. The van der Waals surface area contributed by atoms with E-state index in [0.29, 0.717) is 28.8 Å². The predicted octanol–water partition coefficient (Wildman–Crippen LogP) is 3.10. The standard InChI is InChI=1S/C22H26F4N8O3/c1-11(2)28-21(35)37-15-10-36-19(18(15)23)14-5-16(32-31-14)30-20-27-4-3-17-29-13(9-34(17)20)8-33-6-12(7-33)22(24,25)26/h3-5,9,11-12,15,18-19H,6-8,10H2,1-2H3,(H,28,35)(H2,27,30,31,32). The summed E-state index contributed by atoms with van der Waals surface area (Å²) in [5.74, 6) is -0.607. The average molecular weight is 526 g/mol. The monoisotopic (exact) mass is 526 g/mol. The molecule has 0 aromatic carbocycles. The minimum atomic E-state index is -4.18. The summed E-state index contributed by atoms with van der Waals surface area (Å²) < 4.78 is 65.5. The molecule has 0 bridgehead atoms. The SMILES string of the molecule is CC(C)NC(=O)OC1COC(c2cc(Nc3nccc4nc(CN5CC(C(F)(F)F)C5)cn34)n[nH]2)C1F. The van der Waals surface area contributed by atoms with Gasteiger partial charge in [-0.15, -0.1) is 0 Å². The number of aromatic amines is 1. The normalized spacial score (nSPS) is 22.9. The Morgan fingerprint density at radius 3 is 2.86 bits per heavy atom. The fourth-order valence-corrected chi connectivity index (χ4v) is 4.28. The van der Waals surface area contributed by atoms with Gasteiger partial charge in [-0.3, -0.25) is 14.4 Å². The van der Waals surface area contributed by atoms with E-state index in [1.165, 1.54) is 6.20 Å². The van der Waals surface area contributed by atoms with E-state index in [9.17, 15) is 22.4 Å². The Morgan fingerprint density at radius 2 is 2.14 bits per heavy atom. The Balaban J connectivity index is 1.22. The van der Waals surface area contributed by atoms with Crippen LogP contribution in [0.15, 0.2) is 24.5 Å². The van der Waals surface area contributed by atoms with Crippen LogP contribution in [0, 0.1) is 5.92 Å². The van der Waals surface area contributed by atoms with Crippen molar-refractivity contribution in [2.45, 2.75) is 51.0 Å². The molecule has 5 heterocycles. The zero-order chi connectivity index (χ0) is 26.3. The summed E-state index contributed by atoms with van der Waals surface area (Å²) in [7, 11) is 0. The number of aromatic nitrogens is 5. The van der Waals surface area contributed by atoms with Crippen molar-refractivity contribution in [1.29, 1.82) is 0 Å². The number of amides is 1. The van der Waals surface area contributed by atoms with Crippen molar-refractivity contribution in [3.63, 3.8) is 0 Å². The molecular weight excluding hydrogens is 500 g/mol. The molecule has 11 nitrogen and oxygen atoms in total. The number of imidazole rings is 1. The first-order valence-corrected chi connectivity index (χ1v) is 11.7. The highest BCUT2D eigenvalue weighted by atomic mass is 19.4. The van der Waals surface area contributed by atoms with Crippen molar-refractivity contribution in [3.05, 3.63) is 35.9 Å². The second-order valence-corrected chi connectivity index (χ2v) is 9.44. The number of alkyl halides is 4. The first kappa shape index (κ1) is 25.2. The fourth-order valence-electron chi connectivity index (χ4n) is 4.28. The van der Waals surface area contributed by atoms with Gasteiger partial charge in [-0.2, -0.15) is 18.3 Å². The largest absolute Gasteiger partial charge is 0.441 e. The summed E-state index contributed by atoms with van der Waals surface area (Å²) in [5, 5.41) is 12.4. The molecule has 2 saturated heterocycles. The lowest BCUT2D eigenvalue weighted by atomic mass is 10.00. The van der Waals surface area contributed by atoms with E-state index in [1.807, 2.05) is 0 Å². The Kier molecular flexibility index (Phi) is 6.66. The Labute approximate surface area is 208 Å². The van der Waals surface area contributed by atoms with Crippen LogP contribution in [0.2, 0.25) is 0 Å². The number of hydrogen-bond acceptors (Lipinski definition) is 8. The van der Waals surface area contributed by atoms with Crippen LogP contribution in [0.4, 0.5) is 34.1 Å². The number of ether oxygens (including phenoxy) is 2. The van der Waals surface area contributed by atoms with E-state index in [-0.39, 0.29) is 32.3 Å². The molecule has 3 atom stereocenters. The molecule has 3 unspecified atom stereocenters. The van der Waals surface area contributed by atoms with Crippen LogP contribution in [-0.2, 0) is 16.0 Å². The zero-order valence-electron chi connectivity index (χ0n) is 20.0. The number of H-pyrrole nitrogens is 1. The molecule has 1 amide bonds. The van der Waals surface area contributed by atoms with Gasteiger partial charge in [0.15, 0.2) is 18.1 Å². The molecular formula is C22H26F4N8O3. The molecule has 2 fully saturated rings. The van der Waals surface area contributed by atoms with Crippen LogP contribution < -0.4 is 10.6 Å². The third kappa shape index (κ3) is 5.46. The van der Waals surface area contributed by atoms with E-state index >= 15 is 0 Å². The van der Waals surface area contributed by atoms with Crippen molar-refractivity contribution in [1.82, 2.24) is 34.8 Å². The summed E-state index contributed by atoms with van der Waals surface area (Å²) in [6, 6.07) is 3.09. The van der Waals surface area contributed by atoms with Crippen LogP contribution >= 0.6 is 0 Å². The van der Waals surface area contributed by atoms with Crippen LogP contribution in [-0.4, -0.2) is 79.7 Å². The average Bonchev–Trinajstić information content (AvgIpc) is 3.48. The molecule has 3 aromatic heterocycles. The molecule has 2 aliphatic rings. The van der Waals surface area contributed by atoms with E-state index in [1.54, 1.807) is 41.5 Å². The van der Waals surface area contributed by atoms with Gasteiger partial charge in [0.1, 0.15) is 11.8 Å². The number of carbonyl (C=O) groups is 1. The third-order valence-corrected chi connectivity index (χ3v) is 6.13. The molecule has 15 heteroatoms. The molecule has 3 N–H and O–H groups in total. The molecule has 5 rings (SSSR count). The maximum absolute atomic E-state index is 14.9. The first-order chi connectivity index (χ1) is 17.6.